The molecule has 118 valence electrons. The van der Waals surface area contributed by atoms with E-state index in [1.165, 1.54) is 17.3 Å². The highest BCUT2D eigenvalue weighted by molar-refractivity contribution is 7.98. The van der Waals surface area contributed by atoms with Crippen molar-refractivity contribution in [1.82, 2.24) is 24.6 Å². The first kappa shape index (κ1) is 15.3. The van der Waals surface area contributed by atoms with E-state index in [0.717, 1.165) is 43.0 Å². The van der Waals surface area contributed by atoms with Crippen LogP contribution < -0.4 is 5.56 Å². The fraction of sp³-hybridized carbons (Fsp3) is 0.533. The van der Waals surface area contributed by atoms with E-state index in [4.69, 9.17) is 0 Å². The molecule has 1 aliphatic heterocycles. The van der Waals surface area contributed by atoms with Gasteiger partial charge in [-0.25, -0.2) is 4.98 Å². The van der Waals surface area contributed by atoms with E-state index in [2.05, 4.69) is 33.1 Å². The number of rotatable bonds is 4. The Morgan fingerprint density at radius 2 is 2.27 bits per heavy atom. The molecule has 6 nitrogen and oxygen atoms in total. The van der Waals surface area contributed by atoms with Crippen molar-refractivity contribution in [3.05, 3.63) is 39.1 Å². The standard InChI is InChI=1S/C15H21N5OS/c1-4-20-8-11(10(2)18-20)7-19-6-5-13-12(9-19)14(21)17-15(16-13)22-3/h8H,4-7,9H2,1-3H3,(H,16,17,21). The predicted octanol–water partition coefficient (Wildman–Crippen LogP) is 1.57. The van der Waals surface area contributed by atoms with Gasteiger partial charge in [-0.15, -0.1) is 0 Å². The summed E-state index contributed by atoms with van der Waals surface area (Å²) in [4.78, 5) is 21.9. The molecular formula is C15H21N5OS. The third kappa shape index (κ3) is 2.96. The Bertz CT molecular complexity index is 736. The van der Waals surface area contributed by atoms with Crippen LogP contribution in [0.5, 0.6) is 0 Å². The van der Waals surface area contributed by atoms with Gasteiger partial charge < -0.3 is 4.98 Å². The van der Waals surface area contributed by atoms with Gasteiger partial charge in [0.05, 0.1) is 17.0 Å². The Hall–Kier alpha value is -1.60. The molecule has 0 fully saturated rings. The Morgan fingerprint density at radius 3 is 2.95 bits per heavy atom. The molecule has 3 heterocycles. The van der Waals surface area contributed by atoms with Gasteiger partial charge in [-0.3, -0.25) is 14.4 Å². The highest BCUT2D eigenvalue weighted by Gasteiger charge is 2.22. The van der Waals surface area contributed by atoms with E-state index >= 15 is 0 Å². The summed E-state index contributed by atoms with van der Waals surface area (Å²) >= 11 is 1.48. The minimum atomic E-state index is 0.0000234. The zero-order chi connectivity index (χ0) is 15.7. The number of thioether (sulfide) groups is 1. The number of H-pyrrole nitrogens is 1. The molecule has 0 aliphatic carbocycles. The zero-order valence-electron chi connectivity index (χ0n) is 13.2. The normalized spacial score (nSPS) is 15.0. The van der Waals surface area contributed by atoms with Gasteiger partial charge in [0, 0.05) is 44.4 Å². The van der Waals surface area contributed by atoms with Crippen molar-refractivity contribution in [2.75, 3.05) is 12.8 Å². The molecule has 7 heteroatoms. The minimum Gasteiger partial charge on any atom is -0.301 e. The Morgan fingerprint density at radius 1 is 1.45 bits per heavy atom. The maximum atomic E-state index is 12.2. The second-order valence-corrected chi connectivity index (χ2v) is 6.35. The lowest BCUT2D eigenvalue weighted by Gasteiger charge is -2.27. The van der Waals surface area contributed by atoms with E-state index in [1.54, 1.807) is 0 Å². The van der Waals surface area contributed by atoms with Crippen molar-refractivity contribution in [1.29, 1.82) is 0 Å². The van der Waals surface area contributed by atoms with Crippen molar-refractivity contribution in [2.24, 2.45) is 0 Å². The summed E-state index contributed by atoms with van der Waals surface area (Å²) in [7, 11) is 0. The number of fused-ring (bicyclic) bond motifs is 1. The maximum absolute atomic E-state index is 12.2. The second kappa shape index (κ2) is 6.26. The van der Waals surface area contributed by atoms with Crippen LogP contribution in [-0.4, -0.2) is 37.4 Å². The largest absolute Gasteiger partial charge is 0.301 e. The van der Waals surface area contributed by atoms with Crippen LogP contribution in [-0.2, 0) is 26.1 Å². The summed E-state index contributed by atoms with van der Waals surface area (Å²) in [5.74, 6) is 0. The van der Waals surface area contributed by atoms with Gasteiger partial charge in [0.25, 0.3) is 5.56 Å². The van der Waals surface area contributed by atoms with Gasteiger partial charge in [-0.1, -0.05) is 11.8 Å². The van der Waals surface area contributed by atoms with Crippen LogP contribution in [0.1, 0.15) is 29.4 Å². The van der Waals surface area contributed by atoms with Gasteiger partial charge in [0.1, 0.15) is 0 Å². The van der Waals surface area contributed by atoms with Crippen molar-refractivity contribution < 1.29 is 0 Å². The summed E-state index contributed by atoms with van der Waals surface area (Å²) in [5.41, 5.74) is 4.06. The van der Waals surface area contributed by atoms with Crippen LogP contribution in [0.2, 0.25) is 0 Å². The third-order valence-electron chi connectivity index (χ3n) is 4.09. The molecule has 0 saturated heterocycles. The lowest BCUT2D eigenvalue weighted by Crippen LogP contribution is -2.35. The minimum absolute atomic E-state index is 0.0000234. The van der Waals surface area contributed by atoms with Crippen molar-refractivity contribution in [2.45, 2.75) is 45.1 Å². The van der Waals surface area contributed by atoms with Crippen LogP contribution in [0, 0.1) is 6.92 Å². The van der Waals surface area contributed by atoms with Crippen LogP contribution in [0.15, 0.2) is 16.1 Å². The smallest absolute Gasteiger partial charge is 0.256 e. The number of hydrogen-bond donors (Lipinski definition) is 1. The SMILES string of the molecule is CCn1cc(CN2CCc3nc(SC)[nH]c(=O)c3C2)c(C)n1. The molecule has 1 N–H and O–H groups in total. The fourth-order valence-electron chi connectivity index (χ4n) is 2.81. The number of nitrogens with zero attached hydrogens (tertiary/aromatic N) is 4. The molecule has 3 rings (SSSR count). The molecule has 22 heavy (non-hydrogen) atoms. The monoisotopic (exact) mass is 319 g/mol. The van der Waals surface area contributed by atoms with E-state index < -0.39 is 0 Å². The molecule has 0 radical (unpaired) electrons. The van der Waals surface area contributed by atoms with E-state index in [0.29, 0.717) is 11.7 Å². The lowest BCUT2D eigenvalue weighted by molar-refractivity contribution is 0.240. The molecule has 0 spiro atoms. The highest BCUT2D eigenvalue weighted by Crippen LogP contribution is 2.19. The summed E-state index contributed by atoms with van der Waals surface area (Å²) in [6, 6.07) is 0. The van der Waals surface area contributed by atoms with E-state index in [9.17, 15) is 4.79 Å². The first-order valence-electron chi connectivity index (χ1n) is 7.52. The first-order valence-corrected chi connectivity index (χ1v) is 8.74. The van der Waals surface area contributed by atoms with E-state index in [-0.39, 0.29) is 5.56 Å². The Labute approximate surface area is 133 Å². The third-order valence-corrected chi connectivity index (χ3v) is 4.67. The van der Waals surface area contributed by atoms with Gasteiger partial charge in [0.2, 0.25) is 0 Å². The predicted molar refractivity (Wildman–Crippen MR) is 87.1 cm³/mol. The molecular weight excluding hydrogens is 298 g/mol. The summed E-state index contributed by atoms with van der Waals surface area (Å²) in [5, 5.41) is 5.19. The zero-order valence-corrected chi connectivity index (χ0v) is 14.0. The van der Waals surface area contributed by atoms with Crippen LogP contribution >= 0.6 is 11.8 Å². The average molecular weight is 319 g/mol. The van der Waals surface area contributed by atoms with Crippen LogP contribution in [0.3, 0.4) is 0 Å². The van der Waals surface area contributed by atoms with E-state index in [1.807, 2.05) is 17.9 Å². The number of aryl methyl sites for hydroxylation is 2. The van der Waals surface area contributed by atoms with Crippen molar-refractivity contribution >= 4 is 11.8 Å². The molecule has 0 unspecified atom stereocenters. The number of aromatic amines is 1. The topological polar surface area (TPSA) is 66.8 Å². The first-order chi connectivity index (χ1) is 10.6. The summed E-state index contributed by atoms with van der Waals surface area (Å²) < 4.78 is 1.96. The molecule has 0 saturated carbocycles. The average Bonchev–Trinajstić information content (AvgIpc) is 2.88. The van der Waals surface area contributed by atoms with Gasteiger partial charge in [-0.2, -0.15) is 5.10 Å². The van der Waals surface area contributed by atoms with Gasteiger partial charge >= 0.3 is 0 Å². The molecule has 0 aromatic carbocycles. The summed E-state index contributed by atoms with van der Waals surface area (Å²) in [6.07, 6.45) is 4.85. The molecule has 0 bridgehead atoms. The molecule has 2 aromatic heterocycles. The number of nitrogens with one attached hydrogen (secondary N) is 1. The lowest BCUT2D eigenvalue weighted by atomic mass is 10.1. The Kier molecular flexibility index (Phi) is 4.35. The van der Waals surface area contributed by atoms with Crippen LogP contribution in [0.4, 0.5) is 0 Å². The van der Waals surface area contributed by atoms with Crippen molar-refractivity contribution in [3.8, 4) is 0 Å². The van der Waals surface area contributed by atoms with Crippen LogP contribution in [0.25, 0.3) is 0 Å². The quantitative estimate of drug-likeness (QED) is 0.684. The Balaban J connectivity index is 1.79. The van der Waals surface area contributed by atoms with Gasteiger partial charge in [-0.05, 0) is 20.1 Å². The summed E-state index contributed by atoms with van der Waals surface area (Å²) in [6.45, 7) is 7.41. The van der Waals surface area contributed by atoms with Gasteiger partial charge in [0.15, 0.2) is 5.16 Å². The molecule has 0 amide bonds. The molecule has 1 aliphatic rings. The second-order valence-electron chi connectivity index (χ2n) is 5.56. The highest BCUT2D eigenvalue weighted by atomic mass is 32.2. The number of hydrogen-bond acceptors (Lipinski definition) is 5. The fourth-order valence-corrected chi connectivity index (χ4v) is 3.20. The molecule has 2 aromatic rings. The van der Waals surface area contributed by atoms with Crippen molar-refractivity contribution in [3.63, 3.8) is 0 Å². The number of aromatic nitrogens is 4. The maximum Gasteiger partial charge on any atom is 0.256 e. The molecule has 0 atom stereocenters.